The molecule has 0 N–H and O–H groups in total. The van der Waals surface area contributed by atoms with Crippen molar-refractivity contribution in [3.05, 3.63) is 303 Å². The highest BCUT2D eigenvalue weighted by atomic mass is 16.3. The minimum atomic E-state index is 0.567. The van der Waals surface area contributed by atoms with Crippen LogP contribution in [0.25, 0.3) is 157 Å². The van der Waals surface area contributed by atoms with Gasteiger partial charge in [0.1, 0.15) is 22.3 Å². The van der Waals surface area contributed by atoms with E-state index in [1.54, 1.807) is 0 Å². The Morgan fingerprint density at radius 3 is 0.953 bits per heavy atom. The zero-order valence-corrected chi connectivity index (χ0v) is 46.4. The zero-order valence-electron chi connectivity index (χ0n) is 46.4. The molecule has 8 nitrogen and oxygen atoms in total. The average molecular weight is 1100 g/mol. The van der Waals surface area contributed by atoms with E-state index in [1.807, 2.05) is 146 Å². The lowest BCUT2D eigenvalue weighted by Gasteiger charge is -2.13. The normalized spacial score (nSPS) is 11.3. The van der Waals surface area contributed by atoms with E-state index in [2.05, 4.69) is 158 Å². The summed E-state index contributed by atoms with van der Waals surface area (Å²) in [4.78, 5) is 30.1. The van der Waals surface area contributed by atoms with Gasteiger partial charge in [0.15, 0.2) is 34.9 Å². The number of para-hydroxylation sites is 2. The van der Waals surface area contributed by atoms with Gasteiger partial charge in [-0.15, -0.1) is 0 Å². The summed E-state index contributed by atoms with van der Waals surface area (Å²) in [7, 11) is 0. The van der Waals surface area contributed by atoms with Crippen molar-refractivity contribution in [1.82, 2.24) is 29.9 Å². The Labute approximate surface area is 496 Å². The summed E-state index contributed by atoms with van der Waals surface area (Å²) in [6.07, 6.45) is 0. The summed E-state index contributed by atoms with van der Waals surface area (Å²) in [5.41, 5.74) is 17.5. The highest BCUT2D eigenvalue weighted by Crippen LogP contribution is 2.43. The smallest absolute Gasteiger partial charge is 0.167 e. The largest absolute Gasteiger partial charge is 0.455 e. The van der Waals surface area contributed by atoms with Crippen LogP contribution in [0.4, 0.5) is 0 Å². The molecule has 4 heterocycles. The standard InChI is InChI=1S/2C39H25N3O/c1-4-12-26(13-5-1)28-20-22-30(23-21-28)38-40-37(29-16-8-3-9-17-29)41-39(42-38)34-25-31(27-14-6-2-7-15-27)24-33-32-18-10-11-19-35(32)43-36(33)34;1-4-12-26(13-5-1)27-20-22-28(23-21-27)35-33(25-24-32-31-18-10-11-19-34(31)43-36(32)35)39-41-37(29-14-6-2-7-15-29)40-38(42-39)30-16-8-3-9-17-30/h2*1-25H. The number of benzene rings is 12. The van der Waals surface area contributed by atoms with E-state index in [0.717, 1.165) is 111 Å². The lowest BCUT2D eigenvalue weighted by atomic mass is 9.94. The second-order valence-electron chi connectivity index (χ2n) is 20.9. The first-order valence-corrected chi connectivity index (χ1v) is 28.6. The summed E-state index contributed by atoms with van der Waals surface area (Å²) >= 11 is 0. The molecule has 0 aliphatic carbocycles. The van der Waals surface area contributed by atoms with Gasteiger partial charge in [-0.1, -0.05) is 267 Å². The van der Waals surface area contributed by atoms with Gasteiger partial charge in [0.05, 0.1) is 5.56 Å². The maximum Gasteiger partial charge on any atom is 0.167 e. The SMILES string of the molecule is c1ccc(-c2ccc(-c3c(-c4nc(-c5ccccc5)nc(-c5ccccc5)n4)ccc4c3oc3ccccc34)cc2)cc1.c1ccc(-c2ccc(-c3nc(-c4ccccc4)nc(-c4cc(-c5ccccc5)cc5c4oc4ccccc45)n3)cc2)cc1. The number of furan rings is 2. The van der Waals surface area contributed by atoms with E-state index >= 15 is 0 Å². The molecule has 16 aromatic rings. The Hall–Kier alpha value is -11.7. The maximum absolute atomic E-state index is 6.57. The third-order valence-corrected chi connectivity index (χ3v) is 15.5. The van der Waals surface area contributed by atoms with Crippen molar-refractivity contribution in [1.29, 1.82) is 0 Å². The predicted octanol–water partition coefficient (Wildman–Crippen LogP) is 20.2. The maximum atomic E-state index is 6.57. The Bertz CT molecular complexity index is 5000. The number of rotatable bonds is 10. The summed E-state index contributed by atoms with van der Waals surface area (Å²) < 4.78 is 13.1. The van der Waals surface area contributed by atoms with Crippen LogP contribution in [0.5, 0.6) is 0 Å². The molecule has 12 aromatic carbocycles. The highest BCUT2D eigenvalue weighted by Gasteiger charge is 2.23. The lowest BCUT2D eigenvalue weighted by molar-refractivity contribution is 0.669. The quantitative estimate of drug-likeness (QED) is 0.133. The van der Waals surface area contributed by atoms with Gasteiger partial charge in [-0.25, -0.2) is 29.9 Å². The molecule has 0 saturated carbocycles. The van der Waals surface area contributed by atoms with Crippen LogP contribution in [0.1, 0.15) is 0 Å². The first-order valence-electron chi connectivity index (χ1n) is 28.6. The molecule has 0 unspecified atom stereocenters. The molecule has 0 aliphatic rings. The Kier molecular flexibility index (Phi) is 13.4. The van der Waals surface area contributed by atoms with E-state index in [9.17, 15) is 0 Å². The molecule has 0 spiro atoms. The molecule has 0 radical (unpaired) electrons. The summed E-state index contributed by atoms with van der Waals surface area (Å²) in [5.74, 6) is 3.63. The first-order chi connectivity index (χ1) is 42.6. The molecular formula is C78H50N6O2. The lowest BCUT2D eigenvalue weighted by Crippen LogP contribution is -2.01. The highest BCUT2D eigenvalue weighted by molar-refractivity contribution is 6.13. The molecule has 8 heteroatoms. The number of hydrogen-bond donors (Lipinski definition) is 0. The zero-order chi connectivity index (χ0) is 57.2. The van der Waals surface area contributed by atoms with Crippen molar-refractivity contribution in [2.24, 2.45) is 0 Å². The van der Waals surface area contributed by atoms with Crippen molar-refractivity contribution < 1.29 is 8.83 Å². The number of fused-ring (bicyclic) bond motifs is 6. The number of hydrogen-bond acceptors (Lipinski definition) is 8. The van der Waals surface area contributed by atoms with Crippen LogP contribution in [-0.4, -0.2) is 29.9 Å². The fourth-order valence-corrected chi connectivity index (χ4v) is 11.2. The van der Waals surface area contributed by atoms with E-state index in [0.29, 0.717) is 34.9 Å². The predicted molar refractivity (Wildman–Crippen MR) is 349 cm³/mol. The van der Waals surface area contributed by atoms with Crippen molar-refractivity contribution in [2.75, 3.05) is 0 Å². The molecular weight excluding hydrogens is 1050 g/mol. The summed E-state index contributed by atoms with van der Waals surface area (Å²) in [6, 6.07) is 103. The van der Waals surface area contributed by atoms with Crippen LogP contribution in [-0.2, 0) is 0 Å². The van der Waals surface area contributed by atoms with Crippen LogP contribution < -0.4 is 0 Å². The monoisotopic (exact) mass is 1100 g/mol. The van der Waals surface area contributed by atoms with Crippen LogP contribution in [0, 0.1) is 0 Å². The minimum absolute atomic E-state index is 0.567. The molecule has 404 valence electrons. The van der Waals surface area contributed by atoms with Crippen LogP contribution in [0.2, 0.25) is 0 Å². The van der Waals surface area contributed by atoms with Gasteiger partial charge in [0.25, 0.3) is 0 Å². The molecule has 0 saturated heterocycles. The third-order valence-electron chi connectivity index (χ3n) is 15.5. The van der Waals surface area contributed by atoms with E-state index in [4.69, 9.17) is 38.7 Å². The Morgan fingerprint density at radius 1 is 0.186 bits per heavy atom. The van der Waals surface area contributed by atoms with Gasteiger partial charge in [-0.3, -0.25) is 0 Å². The molecule has 4 aromatic heterocycles. The summed E-state index contributed by atoms with van der Waals surface area (Å²) in [6.45, 7) is 0. The molecule has 16 rings (SSSR count). The molecule has 0 atom stereocenters. The first kappa shape index (κ1) is 51.2. The second kappa shape index (κ2) is 22.5. The van der Waals surface area contributed by atoms with Gasteiger partial charge in [-0.2, -0.15) is 0 Å². The van der Waals surface area contributed by atoms with Crippen molar-refractivity contribution >= 4 is 43.9 Å². The van der Waals surface area contributed by atoms with Gasteiger partial charge < -0.3 is 8.83 Å². The molecule has 0 amide bonds. The second-order valence-corrected chi connectivity index (χ2v) is 20.9. The van der Waals surface area contributed by atoms with E-state index < -0.39 is 0 Å². The Balaban J connectivity index is 0.000000145. The fourth-order valence-electron chi connectivity index (χ4n) is 11.2. The van der Waals surface area contributed by atoms with Crippen molar-refractivity contribution in [2.45, 2.75) is 0 Å². The van der Waals surface area contributed by atoms with Crippen molar-refractivity contribution in [3.8, 4) is 113 Å². The van der Waals surface area contributed by atoms with Gasteiger partial charge >= 0.3 is 0 Å². The van der Waals surface area contributed by atoms with Crippen LogP contribution in [0.15, 0.2) is 312 Å². The minimum Gasteiger partial charge on any atom is -0.455 e. The molecule has 0 aliphatic heterocycles. The van der Waals surface area contributed by atoms with E-state index in [1.165, 1.54) is 11.1 Å². The molecule has 0 bridgehead atoms. The van der Waals surface area contributed by atoms with Crippen molar-refractivity contribution in [3.63, 3.8) is 0 Å². The van der Waals surface area contributed by atoms with Crippen LogP contribution in [0.3, 0.4) is 0 Å². The number of nitrogens with zero attached hydrogens (tertiary/aromatic N) is 6. The van der Waals surface area contributed by atoms with Gasteiger partial charge in [0.2, 0.25) is 0 Å². The van der Waals surface area contributed by atoms with Gasteiger partial charge in [0, 0.05) is 54.9 Å². The number of aromatic nitrogens is 6. The third kappa shape index (κ3) is 10.0. The van der Waals surface area contributed by atoms with Crippen LogP contribution >= 0.6 is 0 Å². The fraction of sp³-hybridized carbons (Fsp3) is 0. The summed E-state index contributed by atoms with van der Waals surface area (Å²) in [5, 5.41) is 4.23. The average Bonchev–Trinajstić information content (AvgIpc) is 1.87. The topological polar surface area (TPSA) is 104 Å². The molecule has 86 heavy (non-hydrogen) atoms. The molecule has 0 fully saturated rings. The van der Waals surface area contributed by atoms with Gasteiger partial charge in [-0.05, 0) is 75.3 Å². The van der Waals surface area contributed by atoms with E-state index in [-0.39, 0.29) is 0 Å². The Morgan fingerprint density at radius 2 is 0.500 bits per heavy atom.